The Morgan fingerprint density at radius 2 is 2.22 bits per heavy atom. The highest BCUT2D eigenvalue weighted by atomic mass is 32.2. The molecule has 0 radical (unpaired) electrons. The molecule has 0 fully saturated rings. The number of hydrogen-bond donors (Lipinski definition) is 0. The minimum absolute atomic E-state index is 0.00588. The third-order valence-electron chi connectivity index (χ3n) is 2.99. The number of hydrogen-bond acceptors (Lipinski definition) is 3. The lowest BCUT2D eigenvalue weighted by atomic mass is 10.1. The molecule has 2 rings (SSSR count). The SMILES string of the molecule is CN(C)C(=O)C[S+]([O-])C1CCSc2ccccc21. The van der Waals surface area contributed by atoms with E-state index < -0.39 is 11.2 Å². The smallest absolute Gasteiger partial charge is 0.271 e. The van der Waals surface area contributed by atoms with Crippen LogP contribution in [0.2, 0.25) is 0 Å². The van der Waals surface area contributed by atoms with E-state index in [1.165, 1.54) is 9.80 Å². The maximum absolute atomic E-state index is 12.3. The van der Waals surface area contributed by atoms with Gasteiger partial charge in [-0.3, -0.25) is 4.79 Å². The number of carbonyl (C=O) groups excluding carboxylic acids is 1. The van der Waals surface area contributed by atoms with Crippen LogP contribution in [-0.4, -0.2) is 41.0 Å². The Hall–Kier alpha value is -0.650. The molecule has 2 unspecified atom stereocenters. The topological polar surface area (TPSA) is 43.4 Å². The van der Waals surface area contributed by atoms with Gasteiger partial charge in [-0.25, -0.2) is 0 Å². The van der Waals surface area contributed by atoms with Gasteiger partial charge in [0.2, 0.25) is 0 Å². The minimum Gasteiger partial charge on any atom is -0.615 e. The molecule has 1 heterocycles. The van der Waals surface area contributed by atoms with Crippen LogP contribution in [0.25, 0.3) is 0 Å². The summed E-state index contributed by atoms with van der Waals surface area (Å²) >= 11 is 0.682. The normalized spacial score (nSPS) is 20.1. The number of amides is 1. The lowest BCUT2D eigenvalue weighted by Gasteiger charge is -2.27. The average molecular weight is 283 g/mol. The predicted molar refractivity (Wildman–Crippen MR) is 76.2 cm³/mol. The van der Waals surface area contributed by atoms with Crippen LogP contribution in [0.5, 0.6) is 0 Å². The molecule has 0 bridgehead atoms. The Morgan fingerprint density at radius 1 is 1.50 bits per heavy atom. The van der Waals surface area contributed by atoms with E-state index >= 15 is 0 Å². The summed E-state index contributed by atoms with van der Waals surface area (Å²) in [6.07, 6.45) is 0.884. The van der Waals surface area contributed by atoms with Crippen LogP contribution in [-0.2, 0) is 16.0 Å². The Labute approximate surface area is 115 Å². The molecular formula is C13H17NO2S2. The molecule has 0 saturated carbocycles. The Bertz CT molecular complexity index is 437. The summed E-state index contributed by atoms with van der Waals surface area (Å²) in [4.78, 5) is 14.3. The van der Waals surface area contributed by atoms with Crippen LogP contribution in [0.3, 0.4) is 0 Å². The van der Waals surface area contributed by atoms with Gasteiger partial charge in [-0.15, -0.1) is 11.8 Å². The highest BCUT2D eigenvalue weighted by Gasteiger charge is 2.31. The van der Waals surface area contributed by atoms with Crippen molar-refractivity contribution in [1.29, 1.82) is 0 Å². The molecule has 1 amide bonds. The zero-order valence-corrected chi connectivity index (χ0v) is 12.2. The molecular weight excluding hydrogens is 266 g/mol. The first kappa shape index (κ1) is 13.8. The monoisotopic (exact) mass is 283 g/mol. The molecule has 1 aromatic carbocycles. The summed E-state index contributed by atoms with van der Waals surface area (Å²) in [7, 11) is 3.40. The quantitative estimate of drug-likeness (QED) is 0.798. The summed E-state index contributed by atoms with van der Waals surface area (Å²) in [5, 5.41) is 0.00588. The van der Waals surface area contributed by atoms with Crippen molar-refractivity contribution in [2.24, 2.45) is 0 Å². The van der Waals surface area contributed by atoms with Crippen molar-refractivity contribution in [2.75, 3.05) is 25.6 Å². The third kappa shape index (κ3) is 3.02. The molecule has 98 valence electrons. The van der Waals surface area contributed by atoms with Crippen molar-refractivity contribution in [3.63, 3.8) is 0 Å². The fraction of sp³-hybridized carbons (Fsp3) is 0.462. The van der Waals surface area contributed by atoms with Crippen LogP contribution >= 0.6 is 11.8 Å². The summed E-state index contributed by atoms with van der Waals surface area (Å²) < 4.78 is 12.3. The van der Waals surface area contributed by atoms with Gasteiger partial charge >= 0.3 is 0 Å². The van der Waals surface area contributed by atoms with Gasteiger partial charge in [0, 0.05) is 36.7 Å². The lowest BCUT2D eigenvalue weighted by molar-refractivity contribution is -0.125. The van der Waals surface area contributed by atoms with Gasteiger partial charge in [0.15, 0.2) is 5.75 Å². The zero-order chi connectivity index (χ0) is 13.1. The molecule has 2 atom stereocenters. The molecule has 5 heteroatoms. The number of nitrogens with zero attached hydrogens (tertiary/aromatic N) is 1. The van der Waals surface area contributed by atoms with Gasteiger partial charge in [-0.2, -0.15) is 0 Å². The van der Waals surface area contributed by atoms with E-state index in [-0.39, 0.29) is 16.9 Å². The van der Waals surface area contributed by atoms with E-state index in [1.54, 1.807) is 25.9 Å². The summed E-state index contributed by atoms with van der Waals surface area (Å²) in [5.74, 6) is 1.03. The van der Waals surface area contributed by atoms with Gasteiger partial charge in [-0.1, -0.05) is 18.2 Å². The maximum Gasteiger partial charge on any atom is 0.271 e. The van der Waals surface area contributed by atoms with E-state index in [4.69, 9.17) is 0 Å². The molecule has 1 aliphatic rings. The minimum atomic E-state index is -1.12. The largest absolute Gasteiger partial charge is 0.615 e. The molecule has 0 saturated heterocycles. The molecule has 0 N–H and O–H groups in total. The van der Waals surface area contributed by atoms with Crippen LogP contribution < -0.4 is 0 Å². The first-order valence-corrected chi connectivity index (χ1v) is 8.25. The molecule has 3 nitrogen and oxygen atoms in total. The summed E-state index contributed by atoms with van der Waals surface area (Å²) in [6, 6.07) is 8.08. The van der Waals surface area contributed by atoms with E-state index in [2.05, 4.69) is 6.07 Å². The van der Waals surface area contributed by atoms with Crippen LogP contribution in [0, 0.1) is 0 Å². The standard InChI is InChI=1S/C13H17NO2S2/c1-14(2)13(15)9-18(16)12-7-8-17-11-6-4-3-5-10(11)12/h3-6,12H,7-9H2,1-2H3. The van der Waals surface area contributed by atoms with Crippen molar-refractivity contribution >= 4 is 28.8 Å². The highest BCUT2D eigenvalue weighted by Crippen LogP contribution is 2.40. The fourth-order valence-electron chi connectivity index (χ4n) is 1.93. The number of thioether (sulfide) groups is 1. The second kappa shape index (κ2) is 5.99. The van der Waals surface area contributed by atoms with Crippen molar-refractivity contribution in [3.8, 4) is 0 Å². The summed E-state index contributed by atoms with van der Waals surface area (Å²) in [5.41, 5.74) is 1.14. The second-order valence-corrected chi connectivity index (χ2v) is 7.23. The Balaban J connectivity index is 2.12. The average Bonchev–Trinajstić information content (AvgIpc) is 2.37. The number of rotatable bonds is 3. The zero-order valence-electron chi connectivity index (χ0n) is 10.6. The van der Waals surface area contributed by atoms with Gasteiger partial charge < -0.3 is 9.45 Å². The summed E-state index contributed by atoms with van der Waals surface area (Å²) in [6.45, 7) is 0. The van der Waals surface area contributed by atoms with E-state index in [9.17, 15) is 9.35 Å². The number of benzene rings is 1. The third-order valence-corrected chi connectivity index (χ3v) is 5.76. The molecule has 18 heavy (non-hydrogen) atoms. The first-order chi connectivity index (χ1) is 8.59. The van der Waals surface area contributed by atoms with Crippen molar-refractivity contribution in [2.45, 2.75) is 16.6 Å². The van der Waals surface area contributed by atoms with E-state index in [0.29, 0.717) is 0 Å². The van der Waals surface area contributed by atoms with Gasteiger partial charge in [-0.05, 0) is 17.2 Å². The van der Waals surface area contributed by atoms with Gasteiger partial charge in [0.05, 0.1) is 0 Å². The molecule has 0 aromatic heterocycles. The van der Waals surface area contributed by atoms with Crippen molar-refractivity contribution in [1.82, 2.24) is 4.90 Å². The van der Waals surface area contributed by atoms with E-state index in [1.807, 2.05) is 18.2 Å². The van der Waals surface area contributed by atoms with Crippen LogP contribution in [0.4, 0.5) is 0 Å². The number of carbonyl (C=O) groups is 1. The van der Waals surface area contributed by atoms with Crippen LogP contribution in [0.1, 0.15) is 17.2 Å². The number of fused-ring (bicyclic) bond motifs is 1. The molecule has 0 aliphatic carbocycles. The van der Waals surface area contributed by atoms with Gasteiger partial charge in [0.1, 0.15) is 5.25 Å². The Kier molecular flexibility index (Phi) is 4.59. The molecule has 1 aliphatic heterocycles. The van der Waals surface area contributed by atoms with Crippen LogP contribution in [0.15, 0.2) is 29.2 Å². The fourth-order valence-corrected chi connectivity index (χ4v) is 4.86. The van der Waals surface area contributed by atoms with Crippen molar-refractivity contribution < 1.29 is 9.35 Å². The maximum atomic E-state index is 12.3. The highest BCUT2D eigenvalue weighted by molar-refractivity contribution is 7.99. The first-order valence-electron chi connectivity index (χ1n) is 5.88. The predicted octanol–water partition coefficient (Wildman–Crippen LogP) is 2.06. The second-order valence-electron chi connectivity index (χ2n) is 4.48. The molecule has 0 spiro atoms. The van der Waals surface area contributed by atoms with E-state index in [0.717, 1.165) is 17.7 Å². The van der Waals surface area contributed by atoms with Crippen molar-refractivity contribution in [3.05, 3.63) is 29.8 Å². The lowest BCUT2D eigenvalue weighted by Crippen LogP contribution is -2.32. The molecule has 1 aromatic rings. The Morgan fingerprint density at radius 3 is 2.94 bits per heavy atom. The van der Waals surface area contributed by atoms with Gasteiger partial charge in [0.25, 0.3) is 5.91 Å².